The number of hydrogen-bond donors (Lipinski definition) is 1. The van der Waals surface area contributed by atoms with Crippen molar-refractivity contribution < 1.29 is 0 Å². The van der Waals surface area contributed by atoms with Crippen molar-refractivity contribution in [2.45, 2.75) is 76.9 Å². The lowest BCUT2D eigenvalue weighted by atomic mass is 9.92. The van der Waals surface area contributed by atoms with E-state index in [1.807, 2.05) is 0 Å². The molecule has 1 atom stereocenters. The largest absolute Gasteiger partial charge is 0.311 e. The molecular formula is C14H28N2. The van der Waals surface area contributed by atoms with Crippen molar-refractivity contribution in [3.05, 3.63) is 0 Å². The summed E-state index contributed by atoms with van der Waals surface area (Å²) in [5.74, 6) is 0. The zero-order chi connectivity index (χ0) is 11.4. The molecule has 1 N–H and O–H groups in total. The van der Waals surface area contributed by atoms with E-state index in [0.29, 0.717) is 6.04 Å². The Morgan fingerprint density at radius 2 is 1.75 bits per heavy atom. The van der Waals surface area contributed by atoms with Crippen LogP contribution in [0.1, 0.15) is 58.8 Å². The summed E-state index contributed by atoms with van der Waals surface area (Å²) in [5, 5.41) is 3.71. The summed E-state index contributed by atoms with van der Waals surface area (Å²) in [6.07, 6.45) is 10.1. The second kappa shape index (κ2) is 6.02. The molecule has 0 radical (unpaired) electrons. The lowest BCUT2D eigenvalue weighted by Gasteiger charge is -2.40. The zero-order valence-corrected chi connectivity index (χ0v) is 11.0. The molecule has 94 valence electrons. The summed E-state index contributed by atoms with van der Waals surface area (Å²) < 4.78 is 0. The van der Waals surface area contributed by atoms with Gasteiger partial charge in [-0.3, -0.25) is 4.90 Å². The minimum Gasteiger partial charge on any atom is -0.311 e. The van der Waals surface area contributed by atoms with Gasteiger partial charge in [0.25, 0.3) is 0 Å². The second-order valence-corrected chi connectivity index (χ2v) is 5.95. The molecule has 1 unspecified atom stereocenters. The predicted octanol–water partition coefficient (Wildman–Crippen LogP) is 2.78. The molecule has 0 bridgehead atoms. The van der Waals surface area contributed by atoms with Crippen molar-refractivity contribution in [3.63, 3.8) is 0 Å². The fraction of sp³-hybridized carbons (Fsp3) is 1.00. The molecule has 1 aliphatic heterocycles. The van der Waals surface area contributed by atoms with E-state index in [9.17, 15) is 0 Å². The molecule has 2 rings (SSSR count). The average Bonchev–Trinajstić information content (AvgIpc) is 2.30. The van der Waals surface area contributed by atoms with Crippen molar-refractivity contribution in [3.8, 4) is 0 Å². The Labute approximate surface area is 101 Å². The standard InChI is InChI=1S/C14H28N2/c1-12(2)15-13-7-6-10-16(11-13)14-8-4-3-5-9-14/h12-15H,3-11H2,1-2H3. The monoisotopic (exact) mass is 224 g/mol. The summed E-state index contributed by atoms with van der Waals surface area (Å²) in [6, 6.07) is 2.29. The smallest absolute Gasteiger partial charge is 0.0197 e. The number of likely N-dealkylation sites (tertiary alicyclic amines) is 1. The molecule has 1 saturated carbocycles. The molecular weight excluding hydrogens is 196 g/mol. The molecule has 2 aliphatic rings. The normalized spacial score (nSPS) is 29.8. The first-order valence-corrected chi connectivity index (χ1v) is 7.26. The van der Waals surface area contributed by atoms with Crippen LogP contribution >= 0.6 is 0 Å². The topological polar surface area (TPSA) is 15.3 Å². The highest BCUT2D eigenvalue weighted by molar-refractivity contribution is 4.84. The highest BCUT2D eigenvalue weighted by Crippen LogP contribution is 2.25. The van der Waals surface area contributed by atoms with Crippen LogP contribution in [-0.2, 0) is 0 Å². The van der Waals surface area contributed by atoms with E-state index in [1.165, 1.54) is 58.0 Å². The van der Waals surface area contributed by atoms with Gasteiger partial charge in [-0.1, -0.05) is 33.1 Å². The number of nitrogens with one attached hydrogen (secondary N) is 1. The highest BCUT2D eigenvalue weighted by Gasteiger charge is 2.26. The van der Waals surface area contributed by atoms with E-state index < -0.39 is 0 Å². The van der Waals surface area contributed by atoms with Crippen LogP contribution in [0.15, 0.2) is 0 Å². The summed E-state index contributed by atoms with van der Waals surface area (Å²) >= 11 is 0. The van der Waals surface area contributed by atoms with Gasteiger partial charge in [-0.05, 0) is 32.2 Å². The number of hydrogen-bond acceptors (Lipinski definition) is 2. The van der Waals surface area contributed by atoms with Crippen LogP contribution in [0, 0.1) is 0 Å². The average molecular weight is 224 g/mol. The van der Waals surface area contributed by atoms with Gasteiger partial charge in [0.15, 0.2) is 0 Å². The Morgan fingerprint density at radius 1 is 1.00 bits per heavy atom. The van der Waals surface area contributed by atoms with Crippen molar-refractivity contribution in [1.29, 1.82) is 0 Å². The summed E-state index contributed by atoms with van der Waals surface area (Å²) in [7, 11) is 0. The Morgan fingerprint density at radius 3 is 2.44 bits per heavy atom. The third kappa shape index (κ3) is 3.46. The van der Waals surface area contributed by atoms with E-state index in [-0.39, 0.29) is 0 Å². The molecule has 2 nitrogen and oxygen atoms in total. The highest BCUT2D eigenvalue weighted by atomic mass is 15.2. The molecule has 1 saturated heterocycles. The maximum Gasteiger partial charge on any atom is 0.0197 e. The molecule has 0 aromatic heterocycles. The zero-order valence-electron chi connectivity index (χ0n) is 11.0. The van der Waals surface area contributed by atoms with Gasteiger partial charge in [0.05, 0.1) is 0 Å². The number of rotatable bonds is 3. The molecule has 1 heterocycles. The minimum absolute atomic E-state index is 0.635. The van der Waals surface area contributed by atoms with Gasteiger partial charge in [0, 0.05) is 24.7 Å². The Kier molecular flexibility index (Phi) is 4.66. The Hall–Kier alpha value is -0.0800. The van der Waals surface area contributed by atoms with Gasteiger partial charge < -0.3 is 5.32 Å². The van der Waals surface area contributed by atoms with E-state index in [2.05, 4.69) is 24.1 Å². The van der Waals surface area contributed by atoms with Crippen LogP contribution in [0.2, 0.25) is 0 Å². The van der Waals surface area contributed by atoms with Crippen molar-refractivity contribution in [1.82, 2.24) is 10.2 Å². The summed E-state index contributed by atoms with van der Waals surface area (Å²) in [5.41, 5.74) is 0. The van der Waals surface area contributed by atoms with Gasteiger partial charge >= 0.3 is 0 Å². The fourth-order valence-electron chi connectivity index (χ4n) is 3.39. The molecule has 1 aliphatic carbocycles. The molecule has 0 aromatic rings. The van der Waals surface area contributed by atoms with Crippen LogP contribution in [0.25, 0.3) is 0 Å². The van der Waals surface area contributed by atoms with E-state index in [0.717, 1.165) is 12.1 Å². The van der Waals surface area contributed by atoms with Crippen LogP contribution in [0.3, 0.4) is 0 Å². The first kappa shape index (κ1) is 12.4. The first-order valence-electron chi connectivity index (χ1n) is 7.26. The molecule has 16 heavy (non-hydrogen) atoms. The molecule has 2 fully saturated rings. The quantitative estimate of drug-likeness (QED) is 0.793. The summed E-state index contributed by atoms with van der Waals surface area (Å²) in [4.78, 5) is 2.77. The van der Waals surface area contributed by atoms with Crippen molar-refractivity contribution in [2.75, 3.05) is 13.1 Å². The van der Waals surface area contributed by atoms with Crippen LogP contribution in [0.5, 0.6) is 0 Å². The maximum absolute atomic E-state index is 3.71. The van der Waals surface area contributed by atoms with Crippen LogP contribution in [-0.4, -0.2) is 36.1 Å². The number of nitrogens with zero attached hydrogens (tertiary/aromatic N) is 1. The fourth-order valence-corrected chi connectivity index (χ4v) is 3.39. The predicted molar refractivity (Wildman–Crippen MR) is 69.7 cm³/mol. The Bertz CT molecular complexity index is 197. The third-order valence-corrected chi connectivity index (χ3v) is 4.11. The van der Waals surface area contributed by atoms with E-state index in [4.69, 9.17) is 0 Å². The van der Waals surface area contributed by atoms with Gasteiger partial charge in [-0.15, -0.1) is 0 Å². The lowest BCUT2D eigenvalue weighted by molar-refractivity contribution is 0.108. The molecule has 2 heteroatoms. The molecule has 0 aromatic carbocycles. The number of piperidine rings is 1. The second-order valence-electron chi connectivity index (χ2n) is 5.95. The van der Waals surface area contributed by atoms with Gasteiger partial charge in [-0.25, -0.2) is 0 Å². The molecule has 0 amide bonds. The lowest BCUT2D eigenvalue weighted by Crippen LogP contribution is -2.51. The van der Waals surface area contributed by atoms with E-state index in [1.54, 1.807) is 0 Å². The molecule has 0 spiro atoms. The Balaban J connectivity index is 1.80. The summed E-state index contributed by atoms with van der Waals surface area (Å²) in [6.45, 7) is 7.17. The van der Waals surface area contributed by atoms with Gasteiger partial charge in [0.1, 0.15) is 0 Å². The maximum atomic E-state index is 3.71. The van der Waals surface area contributed by atoms with Gasteiger partial charge in [-0.2, -0.15) is 0 Å². The third-order valence-electron chi connectivity index (χ3n) is 4.11. The van der Waals surface area contributed by atoms with Crippen molar-refractivity contribution in [2.24, 2.45) is 0 Å². The van der Waals surface area contributed by atoms with Crippen LogP contribution < -0.4 is 5.32 Å². The van der Waals surface area contributed by atoms with E-state index >= 15 is 0 Å². The van der Waals surface area contributed by atoms with Crippen molar-refractivity contribution >= 4 is 0 Å². The SMILES string of the molecule is CC(C)NC1CCCN(C2CCCCC2)C1. The minimum atomic E-state index is 0.635. The van der Waals surface area contributed by atoms with Gasteiger partial charge in [0.2, 0.25) is 0 Å². The van der Waals surface area contributed by atoms with Crippen LogP contribution in [0.4, 0.5) is 0 Å². The first-order chi connectivity index (χ1) is 7.75.